The molecule has 0 bridgehead atoms. The molecule has 0 N–H and O–H groups in total. The van der Waals surface area contributed by atoms with Gasteiger partial charge in [0.2, 0.25) is 0 Å². The Kier molecular flexibility index (Phi) is 2.14. The molecule has 0 aliphatic rings. The highest BCUT2D eigenvalue weighted by atomic mass is 32.1. The first-order valence-corrected chi connectivity index (χ1v) is 5.10. The Morgan fingerprint density at radius 1 is 1.50 bits per heavy atom. The number of ether oxygens (including phenoxy) is 1. The molecule has 2 rings (SSSR count). The van der Waals surface area contributed by atoms with Gasteiger partial charge in [-0.15, -0.1) is 11.3 Å². The van der Waals surface area contributed by atoms with Crippen molar-refractivity contribution in [2.75, 3.05) is 7.11 Å². The molecule has 0 unspecified atom stereocenters. The summed E-state index contributed by atoms with van der Waals surface area (Å²) in [5, 5.41) is 12.1. The first-order chi connectivity index (χ1) is 6.77. The summed E-state index contributed by atoms with van der Waals surface area (Å²) in [6.07, 6.45) is 0. The standard InChI is InChI=1S/C11H9NOS/c1-7-9-3-4-14-11(9)8(6-12)5-10(7)13-2/h3-5H,1-2H3. The van der Waals surface area contributed by atoms with Crippen molar-refractivity contribution in [3.8, 4) is 11.8 Å². The van der Waals surface area contributed by atoms with Gasteiger partial charge in [-0.05, 0) is 30.0 Å². The van der Waals surface area contributed by atoms with Gasteiger partial charge >= 0.3 is 0 Å². The fourth-order valence-electron chi connectivity index (χ4n) is 1.55. The lowest BCUT2D eigenvalue weighted by Gasteiger charge is -2.06. The average molecular weight is 203 g/mol. The quantitative estimate of drug-likeness (QED) is 0.713. The van der Waals surface area contributed by atoms with Crippen LogP contribution in [0.5, 0.6) is 5.75 Å². The van der Waals surface area contributed by atoms with Crippen molar-refractivity contribution in [1.82, 2.24) is 0 Å². The topological polar surface area (TPSA) is 33.0 Å². The maximum Gasteiger partial charge on any atom is 0.123 e. The van der Waals surface area contributed by atoms with Crippen molar-refractivity contribution >= 4 is 21.4 Å². The van der Waals surface area contributed by atoms with Crippen LogP contribution in [0.25, 0.3) is 10.1 Å². The lowest BCUT2D eigenvalue weighted by Crippen LogP contribution is -1.89. The second-order valence-electron chi connectivity index (χ2n) is 3.03. The predicted molar refractivity (Wildman–Crippen MR) is 57.8 cm³/mol. The summed E-state index contributed by atoms with van der Waals surface area (Å²) in [5.41, 5.74) is 1.79. The minimum atomic E-state index is 0.692. The Labute approximate surface area is 86.4 Å². The fourth-order valence-corrected chi connectivity index (χ4v) is 2.47. The van der Waals surface area contributed by atoms with Crippen molar-refractivity contribution in [2.45, 2.75) is 6.92 Å². The van der Waals surface area contributed by atoms with Gasteiger partial charge in [0.25, 0.3) is 0 Å². The number of rotatable bonds is 1. The smallest absolute Gasteiger partial charge is 0.123 e. The first-order valence-electron chi connectivity index (χ1n) is 4.23. The van der Waals surface area contributed by atoms with Crippen LogP contribution >= 0.6 is 11.3 Å². The molecule has 70 valence electrons. The minimum absolute atomic E-state index is 0.692. The summed E-state index contributed by atoms with van der Waals surface area (Å²) in [5.74, 6) is 0.785. The van der Waals surface area contributed by atoms with Gasteiger partial charge in [0.1, 0.15) is 11.8 Å². The summed E-state index contributed by atoms with van der Waals surface area (Å²) in [7, 11) is 1.63. The van der Waals surface area contributed by atoms with E-state index in [1.807, 2.05) is 18.4 Å². The third-order valence-corrected chi connectivity index (χ3v) is 3.25. The van der Waals surface area contributed by atoms with Gasteiger partial charge in [-0.25, -0.2) is 0 Å². The minimum Gasteiger partial charge on any atom is -0.496 e. The number of nitrogens with zero attached hydrogens (tertiary/aromatic N) is 1. The molecule has 0 atom stereocenters. The predicted octanol–water partition coefficient (Wildman–Crippen LogP) is 3.09. The van der Waals surface area contributed by atoms with E-state index >= 15 is 0 Å². The number of methoxy groups -OCH3 is 1. The van der Waals surface area contributed by atoms with Crippen molar-refractivity contribution in [3.05, 3.63) is 28.6 Å². The molecule has 3 heteroatoms. The SMILES string of the molecule is COc1cc(C#N)c2sccc2c1C. The van der Waals surface area contributed by atoms with Crippen LogP contribution < -0.4 is 4.74 Å². The van der Waals surface area contributed by atoms with Gasteiger partial charge in [-0.2, -0.15) is 5.26 Å². The molecule has 0 aliphatic heterocycles. The van der Waals surface area contributed by atoms with E-state index in [0.29, 0.717) is 5.56 Å². The highest BCUT2D eigenvalue weighted by molar-refractivity contribution is 7.17. The summed E-state index contributed by atoms with van der Waals surface area (Å²) in [6, 6.07) is 6.01. The normalized spacial score (nSPS) is 10.1. The van der Waals surface area contributed by atoms with E-state index < -0.39 is 0 Å². The van der Waals surface area contributed by atoms with Crippen LogP contribution in [0.4, 0.5) is 0 Å². The van der Waals surface area contributed by atoms with E-state index in [4.69, 9.17) is 10.00 Å². The molecule has 1 aromatic carbocycles. The lowest BCUT2D eigenvalue weighted by molar-refractivity contribution is 0.412. The zero-order valence-electron chi connectivity index (χ0n) is 8.00. The van der Waals surface area contributed by atoms with Crippen LogP contribution in [0.3, 0.4) is 0 Å². The molecule has 14 heavy (non-hydrogen) atoms. The van der Waals surface area contributed by atoms with Gasteiger partial charge in [0, 0.05) is 5.39 Å². The molecular weight excluding hydrogens is 194 g/mol. The summed E-state index contributed by atoms with van der Waals surface area (Å²) >= 11 is 1.59. The van der Waals surface area contributed by atoms with Crippen LogP contribution in [0.1, 0.15) is 11.1 Å². The molecule has 1 heterocycles. The fraction of sp³-hybridized carbons (Fsp3) is 0.182. The highest BCUT2D eigenvalue weighted by Gasteiger charge is 2.09. The largest absolute Gasteiger partial charge is 0.496 e. The number of benzene rings is 1. The van der Waals surface area contributed by atoms with E-state index in [2.05, 4.69) is 6.07 Å². The van der Waals surface area contributed by atoms with Crippen molar-refractivity contribution < 1.29 is 4.74 Å². The number of thiophene rings is 1. The molecule has 0 amide bonds. The summed E-state index contributed by atoms with van der Waals surface area (Å²) in [4.78, 5) is 0. The number of aryl methyl sites for hydroxylation is 1. The monoisotopic (exact) mass is 203 g/mol. The lowest BCUT2D eigenvalue weighted by atomic mass is 10.1. The van der Waals surface area contributed by atoms with Gasteiger partial charge in [-0.1, -0.05) is 0 Å². The second-order valence-corrected chi connectivity index (χ2v) is 3.94. The van der Waals surface area contributed by atoms with Crippen molar-refractivity contribution in [3.63, 3.8) is 0 Å². The van der Waals surface area contributed by atoms with Gasteiger partial charge in [0.15, 0.2) is 0 Å². The Morgan fingerprint density at radius 3 is 2.93 bits per heavy atom. The number of hydrogen-bond donors (Lipinski definition) is 0. The van der Waals surface area contributed by atoms with Crippen LogP contribution in [-0.2, 0) is 0 Å². The van der Waals surface area contributed by atoms with E-state index in [1.165, 1.54) is 0 Å². The summed E-state index contributed by atoms with van der Waals surface area (Å²) < 4.78 is 6.27. The van der Waals surface area contributed by atoms with Crippen molar-refractivity contribution in [1.29, 1.82) is 5.26 Å². The summed E-state index contributed by atoms with van der Waals surface area (Å²) in [6.45, 7) is 2.01. The molecule has 0 aliphatic carbocycles. The Hall–Kier alpha value is -1.53. The Bertz CT molecular complexity index is 522. The zero-order chi connectivity index (χ0) is 10.1. The number of fused-ring (bicyclic) bond motifs is 1. The molecular formula is C11H9NOS. The highest BCUT2D eigenvalue weighted by Crippen LogP contribution is 2.33. The maximum absolute atomic E-state index is 8.97. The van der Waals surface area contributed by atoms with Crippen molar-refractivity contribution in [2.24, 2.45) is 0 Å². The Morgan fingerprint density at radius 2 is 2.29 bits per heavy atom. The van der Waals surface area contributed by atoms with Crippen LogP contribution in [0.2, 0.25) is 0 Å². The number of hydrogen-bond acceptors (Lipinski definition) is 3. The second kappa shape index (κ2) is 3.32. The third-order valence-electron chi connectivity index (χ3n) is 2.30. The molecule has 0 saturated heterocycles. The molecule has 0 fully saturated rings. The molecule has 1 aromatic heterocycles. The van der Waals surface area contributed by atoms with E-state index in [9.17, 15) is 0 Å². The Balaban J connectivity index is 2.89. The van der Waals surface area contributed by atoms with E-state index in [0.717, 1.165) is 21.4 Å². The number of nitriles is 1. The van der Waals surface area contributed by atoms with Crippen LogP contribution in [0.15, 0.2) is 17.5 Å². The molecule has 2 aromatic rings. The zero-order valence-corrected chi connectivity index (χ0v) is 8.81. The van der Waals surface area contributed by atoms with Gasteiger partial charge in [0.05, 0.1) is 17.4 Å². The van der Waals surface area contributed by atoms with Crippen LogP contribution in [0, 0.1) is 18.3 Å². The first kappa shape index (κ1) is 9.04. The molecule has 2 nitrogen and oxygen atoms in total. The van der Waals surface area contributed by atoms with Gasteiger partial charge in [-0.3, -0.25) is 0 Å². The average Bonchev–Trinajstić information content (AvgIpc) is 2.68. The van der Waals surface area contributed by atoms with E-state index in [-0.39, 0.29) is 0 Å². The molecule has 0 spiro atoms. The molecule has 0 saturated carbocycles. The van der Waals surface area contributed by atoms with E-state index in [1.54, 1.807) is 24.5 Å². The molecule has 0 radical (unpaired) electrons. The maximum atomic E-state index is 8.97. The third kappa shape index (κ3) is 1.16. The van der Waals surface area contributed by atoms with Gasteiger partial charge < -0.3 is 4.74 Å². The van der Waals surface area contributed by atoms with Crippen LogP contribution in [-0.4, -0.2) is 7.11 Å².